The van der Waals surface area contributed by atoms with Crippen molar-refractivity contribution in [1.82, 2.24) is 0 Å². The fourth-order valence-corrected chi connectivity index (χ4v) is 4.47. The molecule has 6 heteroatoms. The van der Waals surface area contributed by atoms with Gasteiger partial charge in [0.15, 0.2) is 29.6 Å². The molecule has 0 radical (unpaired) electrons. The van der Waals surface area contributed by atoms with Crippen molar-refractivity contribution in [3.63, 3.8) is 0 Å². The van der Waals surface area contributed by atoms with Gasteiger partial charge in [0.1, 0.15) is 0 Å². The highest BCUT2D eigenvalue weighted by Crippen LogP contribution is 2.34. The molecular weight excluding hydrogens is 456 g/mol. The van der Waals surface area contributed by atoms with Crippen LogP contribution in [0.1, 0.15) is 56.6 Å². The van der Waals surface area contributed by atoms with Crippen LogP contribution in [0.4, 0.5) is 17.6 Å². The molecule has 1 aliphatic heterocycles. The quantitative estimate of drug-likeness (QED) is 0.236. The van der Waals surface area contributed by atoms with Gasteiger partial charge in [0.25, 0.3) is 0 Å². The van der Waals surface area contributed by atoms with Crippen molar-refractivity contribution in [2.45, 2.75) is 58.2 Å². The van der Waals surface area contributed by atoms with Gasteiger partial charge in [-0.25, -0.2) is 17.6 Å². The zero-order valence-electron chi connectivity index (χ0n) is 20.1. The van der Waals surface area contributed by atoms with Crippen LogP contribution in [0.25, 0.3) is 22.3 Å². The van der Waals surface area contributed by atoms with Gasteiger partial charge in [-0.3, -0.25) is 0 Å². The second-order valence-electron chi connectivity index (χ2n) is 8.95. The predicted octanol–water partition coefficient (Wildman–Crippen LogP) is 8.18. The monoisotopic (exact) mass is 486 g/mol. The minimum Gasteiger partial charge on any atom is -0.352 e. The third kappa shape index (κ3) is 5.44. The summed E-state index contributed by atoms with van der Waals surface area (Å²) in [6.07, 6.45) is 4.11. The Morgan fingerprint density at radius 2 is 1.26 bits per heavy atom. The van der Waals surface area contributed by atoms with E-state index < -0.39 is 23.3 Å². The van der Waals surface area contributed by atoms with Gasteiger partial charge in [-0.1, -0.05) is 75.2 Å². The minimum atomic E-state index is -0.954. The Balaban J connectivity index is 1.50. The highest BCUT2D eigenvalue weighted by Gasteiger charge is 2.27. The van der Waals surface area contributed by atoms with Crippen LogP contribution >= 0.6 is 0 Å². The van der Waals surface area contributed by atoms with Crippen LogP contribution in [-0.4, -0.2) is 19.5 Å². The maximum Gasteiger partial charge on any atom is 0.166 e. The van der Waals surface area contributed by atoms with Crippen LogP contribution in [0.3, 0.4) is 0 Å². The van der Waals surface area contributed by atoms with E-state index >= 15 is 8.78 Å². The van der Waals surface area contributed by atoms with Gasteiger partial charge in [0.05, 0.1) is 13.2 Å². The van der Waals surface area contributed by atoms with Crippen LogP contribution < -0.4 is 0 Å². The molecule has 2 nitrogen and oxygen atoms in total. The van der Waals surface area contributed by atoms with Gasteiger partial charge < -0.3 is 9.47 Å². The lowest BCUT2D eigenvalue weighted by molar-refractivity contribution is -0.190. The first-order valence-corrected chi connectivity index (χ1v) is 12.2. The highest BCUT2D eigenvalue weighted by atomic mass is 19.2. The van der Waals surface area contributed by atoms with Crippen LogP contribution in [0.5, 0.6) is 0 Å². The van der Waals surface area contributed by atoms with Crippen molar-refractivity contribution in [3.05, 3.63) is 82.9 Å². The highest BCUT2D eigenvalue weighted by molar-refractivity contribution is 5.71. The number of benzene rings is 3. The average Bonchev–Trinajstić information content (AvgIpc) is 2.88. The van der Waals surface area contributed by atoms with Gasteiger partial charge in [-0.05, 0) is 41.5 Å². The molecule has 186 valence electrons. The molecule has 0 unspecified atom stereocenters. The summed E-state index contributed by atoms with van der Waals surface area (Å²) in [6.45, 7) is 4.44. The van der Waals surface area contributed by atoms with Gasteiger partial charge in [-0.15, -0.1) is 0 Å². The van der Waals surface area contributed by atoms with Gasteiger partial charge in [0.2, 0.25) is 0 Å². The predicted molar refractivity (Wildman–Crippen MR) is 129 cm³/mol. The van der Waals surface area contributed by atoms with Crippen LogP contribution in [-0.2, 0) is 15.9 Å². The number of hydrogen-bond donors (Lipinski definition) is 0. The lowest BCUT2D eigenvalue weighted by atomic mass is 9.94. The van der Waals surface area contributed by atoms with E-state index in [1.165, 1.54) is 12.1 Å². The van der Waals surface area contributed by atoms with Crippen LogP contribution in [0, 0.1) is 23.3 Å². The molecule has 3 aromatic carbocycles. The Labute approximate surface area is 203 Å². The summed E-state index contributed by atoms with van der Waals surface area (Å²) in [5.41, 5.74) is 1.65. The Morgan fingerprint density at radius 1 is 0.686 bits per heavy atom. The third-order valence-corrected chi connectivity index (χ3v) is 6.61. The Kier molecular flexibility index (Phi) is 8.24. The molecular formula is C29H30F4O2. The second-order valence-corrected chi connectivity index (χ2v) is 8.95. The molecule has 0 saturated carbocycles. The topological polar surface area (TPSA) is 18.5 Å². The summed E-state index contributed by atoms with van der Waals surface area (Å²) < 4.78 is 70.2. The summed E-state index contributed by atoms with van der Waals surface area (Å²) in [6, 6.07) is 12.5. The first kappa shape index (κ1) is 25.4. The summed E-state index contributed by atoms with van der Waals surface area (Å²) in [4.78, 5) is 0. The molecule has 0 aliphatic carbocycles. The van der Waals surface area contributed by atoms with E-state index in [9.17, 15) is 8.78 Å². The van der Waals surface area contributed by atoms with Crippen molar-refractivity contribution in [1.29, 1.82) is 0 Å². The number of rotatable bonds is 8. The van der Waals surface area contributed by atoms with Crippen molar-refractivity contribution >= 4 is 0 Å². The van der Waals surface area contributed by atoms with E-state index in [0.717, 1.165) is 25.7 Å². The maximum atomic E-state index is 15.0. The number of ether oxygens (including phenoxy) is 2. The average molecular weight is 487 g/mol. The van der Waals surface area contributed by atoms with Crippen LogP contribution in [0.2, 0.25) is 0 Å². The molecule has 1 fully saturated rings. The number of hydrogen-bond acceptors (Lipinski definition) is 2. The van der Waals surface area contributed by atoms with Crippen molar-refractivity contribution in [3.8, 4) is 22.3 Å². The van der Waals surface area contributed by atoms with Gasteiger partial charge >= 0.3 is 0 Å². The fourth-order valence-electron chi connectivity index (χ4n) is 4.47. The molecule has 1 heterocycles. The molecule has 0 amide bonds. The Morgan fingerprint density at radius 3 is 1.83 bits per heavy atom. The third-order valence-electron chi connectivity index (χ3n) is 6.61. The zero-order chi connectivity index (χ0) is 24.9. The lowest BCUT2D eigenvalue weighted by Crippen LogP contribution is -2.31. The first-order chi connectivity index (χ1) is 16.9. The summed E-state index contributed by atoms with van der Waals surface area (Å²) >= 11 is 0. The molecule has 0 N–H and O–H groups in total. The van der Waals surface area contributed by atoms with E-state index in [-0.39, 0.29) is 42.1 Å². The molecule has 4 rings (SSSR count). The zero-order valence-corrected chi connectivity index (χ0v) is 20.1. The lowest BCUT2D eigenvalue weighted by Gasteiger charge is -2.30. The molecule has 1 saturated heterocycles. The van der Waals surface area contributed by atoms with Crippen LogP contribution in [0.15, 0.2) is 48.5 Å². The molecule has 3 aromatic rings. The summed E-state index contributed by atoms with van der Waals surface area (Å²) in [5.74, 6) is -4.03. The molecule has 0 spiro atoms. The largest absolute Gasteiger partial charge is 0.352 e. The SMILES string of the molecule is CCCCCC1OCC(c2ccc(-c3ccc(-c4ccc(CC)c(F)c4F)cc3)c(F)c2F)CO1. The second kappa shape index (κ2) is 11.4. The summed E-state index contributed by atoms with van der Waals surface area (Å²) in [7, 11) is 0. The van der Waals surface area contributed by atoms with Crippen molar-refractivity contribution < 1.29 is 27.0 Å². The van der Waals surface area contributed by atoms with E-state index in [1.54, 1.807) is 43.3 Å². The molecule has 0 atom stereocenters. The first-order valence-electron chi connectivity index (χ1n) is 12.2. The number of unbranched alkanes of at least 4 members (excludes halogenated alkanes) is 2. The van der Waals surface area contributed by atoms with Crippen molar-refractivity contribution in [2.24, 2.45) is 0 Å². The fraction of sp³-hybridized carbons (Fsp3) is 0.379. The van der Waals surface area contributed by atoms with Gasteiger partial charge in [0, 0.05) is 17.0 Å². The van der Waals surface area contributed by atoms with Crippen molar-refractivity contribution in [2.75, 3.05) is 13.2 Å². The van der Waals surface area contributed by atoms with Gasteiger partial charge in [-0.2, -0.15) is 0 Å². The van der Waals surface area contributed by atoms with E-state index in [0.29, 0.717) is 23.1 Å². The molecule has 35 heavy (non-hydrogen) atoms. The normalized spacial score (nSPS) is 18.1. The Hall–Kier alpha value is -2.70. The standard InChI is InChI=1S/C29H30F4O2/c1-3-5-6-7-25-34-16-21(17-35-25)24-15-14-23(28(32)29(24)33)20-10-8-19(9-11-20)22-13-12-18(4-2)26(30)27(22)31/h8-15,21,25H,3-7,16-17H2,1-2H3. The van der Waals surface area contributed by atoms with E-state index in [1.807, 2.05) is 0 Å². The number of halogens is 4. The molecule has 0 aromatic heterocycles. The minimum absolute atomic E-state index is 0.0980. The maximum absolute atomic E-state index is 15.0. The number of aryl methyl sites for hydroxylation is 1. The van der Waals surface area contributed by atoms with E-state index in [2.05, 4.69) is 6.92 Å². The van der Waals surface area contributed by atoms with E-state index in [4.69, 9.17) is 9.47 Å². The molecule has 0 bridgehead atoms. The molecule has 1 aliphatic rings. The Bertz CT molecular complexity index is 1150. The smallest absolute Gasteiger partial charge is 0.166 e. The summed E-state index contributed by atoms with van der Waals surface area (Å²) in [5, 5.41) is 0.